The number of nitrogens with two attached hydrogens (primary N) is 1. The fraction of sp³-hybridized carbons (Fsp3) is 0.444. The Morgan fingerprint density at radius 3 is 3.00 bits per heavy atom. The second kappa shape index (κ2) is 3.68. The summed E-state index contributed by atoms with van der Waals surface area (Å²) in [6, 6.07) is 0. The summed E-state index contributed by atoms with van der Waals surface area (Å²) in [5, 5.41) is 1.88. The number of carbonyl (C=O) groups is 1. The van der Waals surface area contributed by atoms with E-state index in [0.717, 1.165) is 29.0 Å². The minimum Gasteiger partial charge on any atom is -0.398 e. The third-order valence-corrected chi connectivity index (χ3v) is 3.48. The maximum Gasteiger partial charge on any atom is 0.175 e. The van der Waals surface area contributed by atoms with Crippen molar-refractivity contribution in [1.29, 1.82) is 0 Å². The minimum absolute atomic E-state index is 0. The molecule has 1 heterocycles. The molecule has 13 heavy (non-hydrogen) atoms. The van der Waals surface area contributed by atoms with Gasteiger partial charge in [-0.05, 0) is 18.4 Å². The lowest BCUT2D eigenvalue weighted by molar-refractivity contribution is 0.0918. The zero-order chi connectivity index (χ0) is 8.72. The van der Waals surface area contributed by atoms with Crippen molar-refractivity contribution in [2.75, 3.05) is 5.73 Å². The molecule has 2 rings (SSSR count). The Morgan fingerprint density at radius 2 is 2.31 bits per heavy atom. The fourth-order valence-corrected chi connectivity index (χ4v) is 2.64. The molecule has 0 aliphatic heterocycles. The number of Topliss-reactive ketones (excluding diaryl/α,β-unsaturated/α-hetero) is 1. The Balaban J connectivity index is 0.000000845. The average Bonchev–Trinajstić information content (AvgIpc) is 2.41. The topological polar surface area (TPSA) is 43.1 Å². The lowest BCUT2D eigenvalue weighted by atomic mass is 9.89. The molecule has 0 saturated heterocycles. The van der Waals surface area contributed by atoms with E-state index in [2.05, 4.69) is 0 Å². The van der Waals surface area contributed by atoms with Crippen molar-refractivity contribution in [2.24, 2.45) is 5.92 Å². The molecule has 0 spiro atoms. The van der Waals surface area contributed by atoms with Gasteiger partial charge in [0.2, 0.25) is 0 Å². The molecule has 1 aliphatic rings. The van der Waals surface area contributed by atoms with Crippen molar-refractivity contribution >= 4 is 35.2 Å². The highest BCUT2D eigenvalue weighted by molar-refractivity contribution is 7.12. The van der Waals surface area contributed by atoms with Gasteiger partial charge in [-0.25, -0.2) is 0 Å². The summed E-state index contributed by atoms with van der Waals surface area (Å²) in [4.78, 5) is 12.5. The van der Waals surface area contributed by atoms with E-state index in [1.54, 1.807) is 0 Å². The molecule has 4 heteroatoms. The zero-order valence-corrected chi connectivity index (χ0v) is 9.00. The first-order valence-electron chi connectivity index (χ1n) is 4.10. The Kier molecular flexibility index (Phi) is 2.98. The van der Waals surface area contributed by atoms with Gasteiger partial charge >= 0.3 is 0 Å². The number of rotatable bonds is 0. The summed E-state index contributed by atoms with van der Waals surface area (Å²) >= 11 is 1.49. The van der Waals surface area contributed by atoms with Crippen LogP contribution in [0.1, 0.15) is 28.6 Å². The van der Waals surface area contributed by atoms with E-state index in [4.69, 9.17) is 5.73 Å². The largest absolute Gasteiger partial charge is 0.398 e. The molecule has 0 fully saturated rings. The molecule has 0 saturated carbocycles. The molecule has 0 amide bonds. The van der Waals surface area contributed by atoms with Crippen molar-refractivity contribution in [2.45, 2.75) is 19.8 Å². The predicted molar refractivity (Wildman–Crippen MR) is 57.8 cm³/mol. The number of thiophene rings is 1. The van der Waals surface area contributed by atoms with Gasteiger partial charge in [0, 0.05) is 17.0 Å². The molecular formula is C9H12ClNOS. The summed E-state index contributed by atoms with van der Waals surface area (Å²) in [5.41, 5.74) is 7.61. The summed E-state index contributed by atoms with van der Waals surface area (Å²) in [5.74, 6) is 0.466. The first-order valence-corrected chi connectivity index (χ1v) is 4.98. The van der Waals surface area contributed by atoms with Crippen LogP contribution < -0.4 is 5.73 Å². The maximum atomic E-state index is 11.6. The Hall–Kier alpha value is -0.540. The molecule has 2 nitrogen and oxygen atoms in total. The Bertz CT molecular complexity index is 334. The molecule has 72 valence electrons. The number of hydrogen-bond donors (Lipinski definition) is 1. The Labute approximate surface area is 87.5 Å². The van der Waals surface area contributed by atoms with Crippen molar-refractivity contribution in [3.63, 3.8) is 0 Å². The standard InChI is InChI=1S/C9H11NOS.ClH/c1-5-2-3-6-7(10)4-12-9(6)8(5)11;/h4-5H,2-3,10H2,1H3;1H. The van der Waals surface area contributed by atoms with Crippen LogP contribution in [0.5, 0.6) is 0 Å². The van der Waals surface area contributed by atoms with E-state index < -0.39 is 0 Å². The molecular weight excluding hydrogens is 206 g/mol. The number of fused-ring (bicyclic) bond motifs is 1. The second-order valence-corrected chi connectivity index (χ2v) is 4.18. The number of carbonyl (C=O) groups excluding carboxylic acids is 1. The van der Waals surface area contributed by atoms with Gasteiger partial charge in [0.05, 0.1) is 4.88 Å². The van der Waals surface area contributed by atoms with Gasteiger partial charge < -0.3 is 5.73 Å². The number of nitrogen functional groups attached to an aromatic ring is 1. The van der Waals surface area contributed by atoms with Crippen LogP contribution in [0.15, 0.2) is 5.38 Å². The normalized spacial score (nSPS) is 20.7. The number of halogens is 1. The minimum atomic E-state index is 0. The predicted octanol–water partition coefficient (Wildman–Crippen LogP) is 2.52. The van der Waals surface area contributed by atoms with Gasteiger partial charge in [0.15, 0.2) is 5.78 Å². The second-order valence-electron chi connectivity index (χ2n) is 3.30. The molecule has 1 atom stereocenters. The number of hydrogen-bond acceptors (Lipinski definition) is 3. The van der Waals surface area contributed by atoms with Crippen LogP contribution in [-0.4, -0.2) is 5.78 Å². The monoisotopic (exact) mass is 217 g/mol. The average molecular weight is 218 g/mol. The molecule has 1 aromatic heterocycles. The molecule has 0 bridgehead atoms. The van der Waals surface area contributed by atoms with E-state index in [1.165, 1.54) is 11.3 Å². The van der Waals surface area contributed by atoms with E-state index >= 15 is 0 Å². The first-order chi connectivity index (χ1) is 5.70. The van der Waals surface area contributed by atoms with Gasteiger partial charge in [0.1, 0.15) is 0 Å². The van der Waals surface area contributed by atoms with Crippen LogP contribution in [0.3, 0.4) is 0 Å². The molecule has 0 aromatic carbocycles. The van der Waals surface area contributed by atoms with Crippen LogP contribution >= 0.6 is 23.7 Å². The third-order valence-electron chi connectivity index (χ3n) is 2.43. The summed E-state index contributed by atoms with van der Waals surface area (Å²) in [7, 11) is 0. The van der Waals surface area contributed by atoms with E-state index in [9.17, 15) is 4.79 Å². The summed E-state index contributed by atoms with van der Waals surface area (Å²) in [6.45, 7) is 1.99. The lowest BCUT2D eigenvalue weighted by Gasteiger charge is -2.16. The number of anilines is 1. The van der Waals surface area contributed by atoms with Gasteiger partial charge in [-0.15, -0.1) is 23.7 Å². The maximum absolute atomic E-state index is 11.6. The van der Waals surface area contributed by atoms with Gasteiger partial charge in [0.25, 0.3) is 0 Å². The van der Waals surface area contributed by atoms with Crippen LogP contribution in [0.25, 0.3) is 0 Å². The summed E-state index contributed by atoms with van der Waals surface area (Å²) in [6.07, 6.45) is 1.92. The van der Waals surface area contributed by atoms with E-state index in [0.29, 0.717) is 0 Å². The van der Waals surface area contributed by atoms with E-state index in [1.807, 2.05) is 12.3 Å². The smallest absolute Gasteiger partial charge is 0.175 e. The van der Waals surface area contributed by atoms with Crippen LogP contribution in [0, 0.1) is 5.92 Å². The van der Waals surface area contributed by atoms with Crippen molar-refractivity contribution < 1.29 is 4.79 Å². The SMILES string of the molecule is CC1CCc2c(N)csc2C1=O.Cl. The van der Waals surface area contributed by atoms with Gasteiger partial charge in [-0.1, -0.05) is 6.92 Å². The zero-order valence-electron chi connectivity index (χ0n) is 7.37. The van der Waals surface area contributed by atoms with Gasteiger partial charge in [-0.2, -0.15) is 0 Å². The van der Waals surface area contributed by atoms with E-state index in [-0.39, 0.29) is 24.1 Å². The van der Waals surface area contributed by atoms with Crippen molar-refractivity contribution in [1.82, 2.24) is 0 Å². The van der Waals surface area contributed by atoms with Gasteiger partial charge in [-0.3, -0.25) is 4.79 Å². The molecule has 1 aromatic rings. The van der Waals surface area contributed by atoms with Crippen LogP contribution in [-0.2, 0) is 6.42 Å². The van der Waals surface area contributed by atoms with Crippen molar-refractivity contribution in [3.8, 4) is 0 Å². The highest BCUT2D eigenvalue weighted by atomic mass is 35.5. The number of ketones is 1. The molecule has 1 unspecified atom stereocenters. The first kappa shape index (κ1) is 10.5. The van der Waals surface area contributed by atoms with Crippen LogP contribution in [0.2, 0.25) is 0 Å². The fourth-order valence-electron chi connectivity index (χ4n) is 1.58. The quantitative estimate of drug-likeness (QED) is 0.726. The highest BCUT2D eigenvalue weighted by Gasteiger charge is 2.26. The molecule has 0 radical (unpaired) electrons. The highest BCUT2D eigenvalue weighted by Crippen LogP contribution is 2.33. The third kappa shape index (κ3) is 1.58. The molecule has 1 aliphatic carbocycles. The lowest BCUT2D eigenvalue weighted by Crippen LogP contribution is -2.18. The molecule has 2 N–H and O–H groups in total. The summed E-state index contributed by atoms with van der Waals surface area (Å²) < 4.78 is 0. The van der Waals surface area contributed by atoms with Crippen LogP contribution in [0.4, 0.5) is 5.69 Å². The van der Waals surface area contributed by atoms with Crippen molar-refractivity contribution in [3.05, 3.63) is 15.8 Å². The Morgan fingerprint density at radius 1 is 1.62 bits per heavy atom.